The third-order valence-corrected chi connectivity index (χ3v) is 7.00. The van der Waals surface area contributed by atoms with Crippen molar-refractivity contribution >= 4 is 11.7 Å². The Labute approximate surface area is 193 Å². The maximum absolute atomic E-state index is 12.4. The molecule has 0 atom stereocenters. The van der Waals surface area contributed by atoms with Crippen molar-refractivity contribution < 1.29 is 14.7 Å². The Morgan fingerprint density at radius 2 is 1.69 bits per heavy atom. The molecule has 1 aromatic rings. The molecule has 2 aliphatic carbocycles. The molecule has 0 radical (unpaired) electrons. The molecule has 2 saturated carbocycles. The lowest BCUT2D eigenvalue weighted by Gasteiger charge is -2.21. The predicted molar refractivity (Wildman–Crippen MR) is 128 cm³/mol. The van der Waals surface area contributed by atoms with Gasteiger partial charge in [0.2, 0.25) is 0 Å². The number of amidine groups is 1. The average Bonchev–Trinajstić information content (AvgIpc) is 3.61. The second-order valence-corrected chi connectivity index (χ2v) is 9.67. The normalized spacial score (nSPS) is 18.4. The largest absolute Gasteiger partial charge is 0.409 e. The maximum Gasteiger partial charge on any atom is 0.252 e. The number of benzene rings is 1. The van der Waals surface area contributed by atoms with E-state index in [0.29, 0.717) is 18.4 Å². The van der Waals surface area contributed by atoms with Crippen molar-refractivity contribution in [1.29, 1.82) is 0 Å². The minimum absolute atomic E-state index is 0.0782. The molecule has 2 aliphatic rings. The van der Waals surface area contributed by atoms with Gasteiger partial charge in [0, 0.05) is 18.8 Å². The minimum Gasteiger partial charge on any atom is -0.409 e. The lowest BCUT2D eigenvalue weighted by atomic mass is 9.90. The van der Waals surface area contributed by atoms with E-state index in [4.69, 9.17) is 15.7 Å². The number of carbonyl (C=O) groups is 1. The van der Waals surface area contributed by atoms with Gasteiger partial charge in [-0.15, -0.1) is 0 Å². The van der Waals surface area contributed by atoms with Gasteiger partial charge in [-0.3, -0.25) is 4.79 Å². The number of hydrogen-bond acceptors (Lipinski definition) is 4. The van der Waals surface area contributed by atoms with Gasteiger partial charge in [-0.2, -0.15) is 0 Å². The average molecular weight is 444 g/mol. The second-order valence-electron chi connectivity index (χ2n) is 9.67. The molecule has 0 saturated heterocycles. The fourth-order valence-electron chi connectivity index (χ4n) is 4.62. The highest BCUT2D eigenvalue weighted by Crippen LogP contribution is 2.35. The molecular formula is C26H41N3O3. The molecule has 178 valence electrons. The van der Waals surface area contributed by atoms with Gasteiger partial charge in [-0.25, -0.2) is 0 Å². The Balaban J connectivity index is 1.20. The summed E-state index contributed by atoms with van der Waals surface area (Å²) in [6.45, 7) is 1.91. The number of amides is 1. The van der Waals surface area contributed by atoms with Gasteiger partial charge in [0.05, 0.1) is 0 Å². The molecule has 6 nitrogen and oxygen atoms in total. The van der Waals surface area contributed by atoms with Crippen LogP contribution in [0.25, 0.3) is 0 Å². The zero-order valence-corrected chi connectivity index (χ0v) is 19.5. The van der Waals surface area contributed by atoms with Gasteiger partial charge >= 0.3 is 0 Å². The van der Waals surface area contributed by atoms with E-state index in [1.54, 1.807) is 0 Å². The summed E-state index contributed by atoms with van der Waals surface area (Å²) in [5, 5.41) is 14.8. The van der Waals surface area contributed by atoms with Crippen LogP contribution in [-0.2, 0) is 11.2 Å². The fraction of sp³-hybridized carbons (Fsp3) is 0.692. The molecule has 0 aliphatic heterocycles. The van der Waals surface area contributed by atoms with E-state index in [1.807, 2.05) is 24.3 Å². The van der Waals surface area contributed by atoms with Crippen LogP contribution in [0.2, 0.25) is 0 Å². The van der Waals surface area contributed by atoms with Crippen LogP contribution in [0.15, 0.2) is 29.4 Å². The second kappa shape index (κ2) is 12.8. The minimum atomic E-state index is -0.661. The van der Waals surface area contributed by atoms with E-state index >= 15 is 0 Å². The van der Waals surface area contributed by atoms with Crippen LogP contribution in [0.3, 0.4) is 0 Å². The number of nitrogens with two attached hydrogens (primary N) is 1. The Hall–Kier alpha value is -2.08. The summed E-state index contributed by atoms with van der Waals surface area (Å²) < 4.78 is 5.88. The summed E-state index contributed by atoms with van der Waals surface area (Å²) >= 11 is 0. The van der Waals surface area contributed by atoms with Crippen molar-refractivity contribution in [2.45, 2.75) is 95.4 Å². The Morgan fingerprint density at radius 1 is 1.03 bits per heavy atom. The van der Waals surface area contributed by atoms with E-state index in [0.717, 1.165) is 25.6 Å². The fourth-order valence-corrected chi connectivity index (χ4v) is 4.62. The lowest BCUT2D eigenvalue weighted by Crippen LogP contribution is -2.46. The highest BCUT2D eigenvalue weighted by Gasteiger charge is 2.48. The first-order valence-electron chi connectivity index (χ1n) is 12.6. The van der Waals surface area contributed by atoms with Crippen molar-refractivity contribution in [3.63, 3.8) is 0 Å². The molecule has 0 heterocycles. The molecule has 2 fully saturated rings. The molecule has 0 aromatic heterocycles. The van der Waals surface area contributed by atoms with Crippen LogP contribution in [0, 0.1) is 5.92 Å². The summed E-state index contributed by atoms with van der Waals surface area (Å²) in [4.78, 5) is 12.4. The number of nitrogens with one attached hydrogen (secondary N) is 1. The Kier molecular flexibility index (Phi) is 9.85. The number of oxime groups is 1. The van der Waals surface area contributed by atoms with Crippen LogP contribution in [-0.4, -0.2) is 35.7 Å². The Morgan fingerprint density at radius 3 is 2.34 bits per heavy atom. The van der Waals surface area contributed by atoms with Crippen molar-refractivity contribution in [3.8, 4) is 0 Å². The van der Waals surface area contributed by atoms with E-state index in [-0.39, 0.29) is 11.7 Å². The van der Waals surface area contributed by atoms with Crippen molar-refractivity contribution in [1.82, 2.24) is 5.32 Å². The topological polar surface area (TPSA) is 96.9 Å². The Bertz CT molecular complexity index is 722. The molecule has 4 N–H and O–H groups in total. The molecule has 32 heavy (non-hydrogen) atoms. The van der Waals surface area contributed by atoms with E-state index in [1.165, 1.54) is 76.2 Å². The van der Waals surface area contributed by atoms with Gasteiger partial charge in [-0.05, 0) is 68.6 Å². The molecule has 6 heteroatoms. The summed E-state index contributed by atoms with van der Waals surface area (Å²) in [7, 11) is 0. The zero-order valence-electron chi connectivity index (χ0n) is 19.5. The monoisotopic (exact) mass is 443 g/mol. The van der Waals surface area contributed by atoms with Crippen LogP contribution in [0.1, 0.15) is 99.4 Å². The number of aryl methyl sites for hydroxylation is 1. The van der Waals surface area contributed by atoms with Gasteiger partial charge in [-0.1, -0.05) is 62.2 Å². The number of nitrogens with zero attached hydrogens (tertiary/aromatic N) is 1. The van der Waals surface area contributed by atoms with Crippen molar-refractivity contribution in [2.75, 3.05) is 13.2 Å². The number of carbonyl (C=O) groups excluding carboxylic acids is 1. The number of rotatable bonds is 14. The maximum atomic E-state index is 12.4. The first-order valence-corrected chi connectivity index (χ1v) is 12.6. The van der Waals surface area contributed by atoms with Gasteiger partial charge in [0.1, 0.15) is 5.54 Å². The predicted octanol–water partition coefficient (Wildman–Crippen LogP) is 5.18. The zero-order chi connectivity index (χ0) is 22.7. The van der Waals surface area contributed by atoms with Gasteiger partial charge in [0.25, 0.3) is 5.91 Å². The third-order valence-electron chi connectivity index (χ3n) is 7.00. The summed E-state index contributed by atoms with van der Waals surface area (Å²) in [5.74, 6) is 0.722. The summed E-state index contributed by atoms with van der Waals surface area (Å²) in [6.07, 6.45) is 16.8. The number of hydrogen-bond donors (Lipinski definition) is 3. The molecule has 0 bridgehead atoms. The van der Waals surface area contributed by atoms with Crippen LogP contribution >= 0.6 is 0 Å². The van der Waals surface area contributed by atoms with E-state index in [2.05, 4.69) is 10.5 Å². The van der Waals surface area contributed by atoms with Crippen molar-refractivity contribution in [2.24, 2.45) is 16.8 Å². The first kappa shape index (κ1) is 24.6. The van der Waals surface area contributed by atoms with Crippen LogP contribution in [0.5, 0.6) is 0 Å². The highest BCUT2D eigenvalue weighted by molar-refractivity contribution is 6.01. The molecular weight excluding hydrogens is 402 g/mol. The van der Waals surface area contributed by atoms with E-state index < -0.39 is 5.54 Å². The molecule has 1 amide bonds. The van der Waals surface area contributed by atoms with Crippen molar-refractivity contribution in [3.05, 3.63) is 35.4 Å². The highest BCUT2D eigenvalue weighted by atomic mass is 16.5. The molecule has 3 rings (SSSR count). The molecule has 0 unspecified atom stereocenters. The molecule has 0 spiro atoms. The lowest BCUT2D eigenvalue weighted by molar-refractivity contribution is 0.0824. The van der Waals surface area contributed by atoms with Crippen LogP contribution < -0.4 is 11.1 Å². The van der Waals surface area contributed by atoms with Gasteiger partial charge in [0.15, 0.2) is 5.84 Å². The third kappa shape index (κ3) is 7.80. The van der Waals surface area contributed by atoms with E-state index in [9.17, 15) is 4.79 Å². The molecule has 1 aromatic carbocycles. The standard InChI is InChI=1S/C26H41N3O3/c27-25(29-31)26(17-18-26)28-24(30)23-15-13-21(14-16-23)10-6-3-1-2-4-9-19-32-20-22-11-7-5-8-12-22/h13-16,22,31H,1-12,17-20H2,(H2,27,29)(H,28,30). The number of ether oxygens (including phenoxy) is 1. The first-order chi connectivity index (χ1) is 15.6. The summed E-state index contributed by atoms with van der Waals surface area (Å²) in [6, 6.07) is 7.78. The summed E-state index contributed by atoms with van der Waals surface area (Å²) in [5.41, 5.74) is 6.90. The smallest absolute Gasteiger partial charge is 0.252 e. The van der Waals surface area contributed by atoms with Crippen LogP contribution in [0.4, 0.5) is 0 Å². The number of unbranched alkanes of at least 4 members (excludes halogenated alkanes) is 5. The SMILES string of the molecule is N/C(=N\O)C1(NC(=O)c2ccc(CCCCCCCCOCC3CCCCC3)cc2)CC1. The van der Waals surface area contributed by atoms with Gasteiger partial charge < -0.3 is 21.0 Å². The quantitative estimate of drug-likeness (QED) is 0.121.